The number of rotatable bonds is 6. The third-order valence-electron chi connectivity index (χ3n) is 3.04. The molecule has 1 amide bonds. The van der Waals surface area contributed by atoms with Crippen LogP contribution in [0.2, 0.25) is 5.02 Å². The Morgan fingerprint density at radius 2 is 2.10 bits per heavy atom. The van der Waals surface area contributed by atoms with Crippen molar-refractivity contribution in [1.82, 2.24) is 9.88 Å². The average molecular weight is 306 g/mol. The van der Waals surface area contributed by atoms with Crippen molar-refractivity contribution < 1.29 is 4.79 Å². The molecule has 2 rings (SSSR count). The number of aromatic nitrogens is 1. The van der Waals surface area contributed by atoms with E-state index in [1.807, 2.05) is 35.0 Å². The lowest BCUT2D eigenvalue weighted by Gasteiger charge is -2.12. The minimum absolute atomic E-state index is 0.0701. The van der Waals surface area contributed by atoms with E-state index in [0.717, 1.165) is 12.2 Å². The molecular formula is C16H20ClN3O. The average Bonchev–Trinajstić information content (AvgIpc) is 2.83. The van der Waals surface area contributed by atoms with Gasteiger partial charge in [0.15, 0.2) is 0 Å². The molecule has 1 heterocycles. The van der Waals surface area contributed by atoms with Crippen molar-refractivity contribution in [2.45, 2.75) is 33.0 Å². The van der Waals surface area contributed by atoms with E-state index in [0.29, 0.717) is 16.8 Å². The summed E-state index contributed by atoms with van der Waals surface area (Å²) in [5.41, 5.74) is 1.80. The first-order valence-electron chi connectivity index (χ1n) is 6.97. The molecule has 5 heteroatoms. The molecule has 0 unspecified atom stereocenters. The first kappa shape index (κ1) is 15.6. The fourth-order valence-corrected chi connectivity index (χ4v) is 2.18. The second kappa shape index (κ2) is 7.29. The molecule has 0 saturated carbocycles. The Balaban J connectivity index is 1.95. The van der Waals surface area contributed by atoms with E-state index >= 15 is 0 Å². The predicted molar refractivity (Wildman–Crippen MR) is 86.5 cm³/mol. The minimum atomic E-state index is -0.0701. The summed E-state index contributed by atoms with van der Waals surface area (Å²) in [5, 5.41) is 6.80. The molecule has 0 bridgehead atoms. The van der Waals surface area contributed by atoms with Crippen molar-refractivity contribution in [3.8, 4) is 0 Å². The van der Waals surface area contributed by atoms with Crippen LogP contribution in [-0.4, -0.2) is 16.5 Å². The molecule has 0 fully saturated rings. The zero-order chi connectivity index (χ0) is 15.2. The molecule has 0 aliphatic rings. The number of hydrogen-bond acceptors (Lipinski definition) is 2. The molecule has 0 spiro atoms. The summed E-state index contributed by atoms with van der Waals surface area (Å²) in [7, 11) is 0. The number of carbonyl (C=O) groups is 1. The van der Waals surface area contributed by atoms with Crippen LogP contribution < -0.4 is 10.6 Å². The van der Waals surface area contributed by atoms with E-state index in [1.165, 1.54) is 0 Å². The molecule has 4 nitrogen and oxygen atoms in total. The topological polar surface area (TPSA) is 46.1 Å². The number of hydrogen-bond donors (Lipinski definition) is 2. The lowest BCUT2D eigenvalue weighted by atomic mass is 10.3. The minimum Gasteiger partial charge on any atom is -0.341 e. The fraction of sp³-hybridized carbons (Fsp3) is 0.312. The summed E-state index contributed by atoms with van der Waals surface area (Å²) < 4.78 is 1.94. The van der Waals surface area contributed by atoms with Crippen molar-refractivity contribution in [1.29, 1.82) is 0 Å². The molecule has 21 heavy (non-hydrogen) atoms. The van der Waals surface area contributed by atoms with Gasteiger partial charge in [0.2, 0.25) is 5.91 Å². The van der Waals surface area contributed by atoms with Gasteiger partial charge in [0.1, 0.15) is 6.54 Å². The van der Waals surface area contributed by atoms with Crippen LogP contribution >= 0.6 is 11.6 Å². The molecule has 1 aromatic carbocycles. The fourth-order valence-electron chi connectivity index (χ4n) is 1.99. The summed E-state index contributed by atoms with van der Waals surface area (Å²) in [6.45, 7) is 5.22. The number of nitrogens with one attached hydrogen (secondary N) is 2. The van der Waals surface area contributed by atoms with E-state index in [-0.39, 0.29) is 12.5 Å². The van der Waals surface area contributed by atoms with Crippen LogP contribution in [0.15, 0.2) is 42.6 Å². The first-order chi connectivity index (χ1) is 10.0. The number of anilines is 1. The summed E-state index contributed by atoms with van der Waals surface area (Å²) in [6, 6.07) is 11.5. The maximum absolute atomic E-state index is 12.1. The van der Waals surface area contributed by atoms with Gasteiger partial charge in [0, 0.05) is 35.2 Å². The third kappa shape index (κ3) is 4.92. The second-order valence-electron chi connectivity index (χ2n) is 5.22. The molecule has 0 atom stereocenters. The van der Waals surface area contributed by atoms with Crippen LogP contribution in [0.5, 0.6) is 0 Å². The van der Waals surface area contributed by atoms with Gasteiger partial charge in [-0.2, -0.15) is 0 Å². The van der Waals surface area contributed by atoms with Crippen molar-refractivity contribution in [3.63, 3.8) is 0 Å². The zero-order valence-electron chi connectivity index (χ0n) is 12.3. The predicted octanol–water partition coefficient (Wildman–Crippen LogP) is 3.28. The molecule has 112 valence electrons. The number of nitrogens with zero attached hydrogens (tertiary/aromatic N) is 1. The Labute approximate surface area is 130 Å². The van der Waals surface area contributed by atoms with Gasteiger partial charge < -0.3 is 15.2 Å². The van der Waals surface area contributed by atoms with Gasteiger partial charge in [-0.1, -0.05) is 31.5 Å². The van der Waals surface area contributed by atoms with Crippen LogP contribution in [-0.2, 0) is 17.9 Å². The number of halogens is 1. The Morgan fingerprint density at radius 1 is 1.29 bits per heavy atom. The normalized spacial score (nSPS) is 10.9. The maximum Gasteiger partial charge on any atom is 0.244 e. The highest BCUT2D eigenvalue weighted by Gasteiger charge is 2.07. The van der Waals surface area contributed by atoms with Gasteiger partial charge in [-0.25, -0.2) is 0 Å². The van der Waals surface area contributed by atoms with E-state index in [2.05, 4.69) is 24.5 Å². The Bertz CT molecular complexity index is 607. The van der Waals surface area contributed by atoms with Gasteiger partial charge in [-0.05, 0) is 30.3 Å². The Kier molecular flexibility index (Phi) is 5.42. The van der Waals surface area contributed by atoms with Crippen LogP contribution in [0.4, 0.5) is 5.69 Å². The molecule has 0 radical (unpaired) electrons. The standard InChI is InChI=1S/C16H20ClN3O/c1-12(2)18-10-15-7-4-8-20(15)11-16(21)19-14-6-3-5-13(17)9-14/h3-9,12,18H,10-11H2,1-2H3,(H,19,21). The summed E-state index contributed by atoms with van der Waals surface area (Å²) in [4.78, 5) is 12.1. The molecular weight excluding hydrogens is 286 g/mol. The molecule has 2 N–H and O–H groups in total. The maximum atomic E-state index is 12.1. The van der Waals surface area contributed by atoms with Crippen LogP contribution in [0, 0.1) is 0 Å². The smallest absolute Gasteiger partial charge is 0.244 e. The number of carbonyl (C=O) groups excluding carboxylic acids is 1. The monoisotopic (exact) mass is 305 g/mol. The van der Waals surface area contributed by atoms with Gasteiger partial charge >= 0.3 is 0 Å². The van der Waals surface area contributed by atoms with E-state index in [9.17, 15) is 4.79 Å². The van der Waals surface area contributed by atoms with Gasteiger partial charge in [-0.3, -0.25) is 4.79 Å². The second-order valence-corrected chi connectivity index (χ2v) is 5.66. The quantitative estimate of drug-likeness (QED) is 0.860. The largest absolute Gasteiger partial charge is 0.341 e. The molecule has 2 aromatic rings. The van der Waals surface area contributed by atoms with Crippen molar-refractivity contribution >= 4 is 23.2 Å². The number of amides is 1. The van der Waals surface area contributed by atoms with E-state index in [4.69, 9.17) is 11.6 Å². The highest BCUT2D eigenvalue weighted by Crippen LogP contribution is 2.15. The molecule has 1 aromatic heterocycles. The van der Waals surface area contributed by atoms with Crippen molar-refractivity contribution in [3.05, 3.63) is 53.3 Å². The molecule has 0 saturated heterocycles. The molecule has 0 aliphatic carbocycles. The lowest BCUT2D eigenvalue weighted by Crippen LogP contribution is -2.25. The SMILES string of the molecule is CC(C)NCc1cccn1CC(=O)Nc1cccc(Cl)c1. The summed E-state index contributed by atoms with van der Waals surface area (Å²) in [6.07, 6.45) is 1.91. The Hall–Kier alpha value is -1.78. The number of benzene rings is 1. The summed E-state index contributed by atoms with van der Waals surface area (Å²) in [5.74, 6) is -0.0701. The van der Waals surface area contributed by atoms with Crippen LogP contribution in [0.25, 0.3) is 0 Å². The Morgan fingerprint density at radius 3 is 2.81 bits per heavy atom. The lowest BCUT2D eigenvalue weighted by molar-refractivity contribution is -0.116. The molecule has 0 aliphatic heterocycles. The third-order valence-corrected chi connectivity index (χ3v) is 3.27. The first-order valence-corrected chi connectivity index (χ1v) is 7.35. The highest BCUT2D eigenvalue weighted by molar-refractivity contribution is 6.30. The summed E-state index contributed by atoms with van der Waals surface area (Å²) >= 11 is 5.90. The zero-order valence-corrected chi connectivity index (χ0v) is 13.0. The van der Waals surface area contributed by atoms with E-state index < -0.39 is 0 Å². The van der Waals surface area contributed by atoms with E-state index in [1.54, 1.807) is 12.1 Å². The van der Waals surface area contributed by atoms with Crippen molar-refractivity contribution in [2.24, 2.45) is 0 Å². The van der Waals surface area contributed by atoms with Gasteiger partial charge in [-0.15, -0.1) is 0 Å². The van der Waals surface area contributed by atoms with Gasteiger partial charge in [0.05, 0.1) is 0 Å². The van der Waals surface area contributed by atoms with Crippen LogP contribution in [0.1, 0.15) is 19.5 Å². The van der Waals surface area contributed by atoms with Gasteiger partial charge in [0.25, 0.3) is 0 Å². The highest BCUT2D eigenvalue weighted by atomic mass is 35.5. The van der Waals surface area contributed by atoms with Crippen LogP contribution in [0.3, 0.4) is 0 Å². The van der Waals surface area contributed by atoms with Crippen molar-refractivity contribution in [2.75, 3.05) is 5.32 Å².